The molecule has 1 aromatic rings. The number of ether oxygens (including phenoxy) is 2. The number of carbonyl (C=O) groups is 1. The van der Waals surface area contributed by atoms with Crippen LogP contribution >= 0.6 is 0 Å². The smallest absolute Gasteiger partial charge is 0.295 e. The molecule has 2 fully saturated rings. The summed E-state index contributed by atoms with van der Waals surface area (Å²) in [5.41, 5.74) is 1.97. The Labute approximate surface area is 196 Å². The number of fused-ring (bicyclic) bond motifs is 2. The molecule has 32 heavy (non-hydrogen) atoms. The Morgan fingerprint density at radius 2 is 1.78 bits per heavy atom. The lowest BCUT2D eigenvalue weighted by atomic mass is 9.55. The van der Waals surface area contributed by atoms with E-state index >= 15 is 0 Å². The van der Waals surface area contributed by atoms with Gasteiger partial charge in [0.15, 0.2) is 0 Å². The lowest BCUT2D eigenvalue weighted by molar-refractivity contribution is -0.249. The molecule has 0 spiro atoms. The third kappa shape index (κ3) is 7.31. The zero-order valence-electron chi connectivity index (χ0n) is 21.4. The summed E-state index contributed by atoms with van der Waals surface area (Å²) < 4.78 is 11.2. The van der Waals surface area contributed by atoms with Crippen molar-refractivity contribution in [3.8, 4) is 0 Å². The lowest BCUT2D eigenvalue weighted by Crippen LogP contribution is -2.54. The van der Waals surface area contributed by atoms with Crippen molar-refractivity contribution in [3.05, 3.63) is 35.4 Å². The van der Waals surface area contributed by atoms with E-state index in [1.807, 2.05) is 20.8 Å². The molecule has 0 radical (unpaired) electrons. The van der Waals surface area contributed by atoms with Crippen molar-refractivity contribution < 1.29 is 19.4 Å². The maximum Gasteiger partial charge on any atom is 0.295 e. The lowest BCUT2D eigenvalue weighted by Gasteiger charge is -2.54. The minimum atomic E-state index is -0.687. The fraction of sp³-hybridized carbons (Fsp3) is 0.750. The Balaban J connectivity index is 0.000000258. The predicted molar refractivity (Wildman–Crippen MR) is 130 cm³/mol. The molecule has 1 N–H and O–H groups in total. The molecule has 4 heteroatoms. The zero-order chi connectivity index (χ0) is 23.9. The van der Waals surface area contributed by atoms with Gasteiger partial charge in [-0.2, -0.15) is 0 Å². The Kier molecular flexibility index (Phi) is 9.78. The van der Waals surface area contributed by atoms with E-state index in [-0.39, 0.29) is 11.5 Å². The molecule has 4 nitrogen and oxygen atoms in total. The molecule has 1 aromatic carbocycles. The van der Waals surface area contributed by atoms with Gasteiger partial charge in [-0.15, -0.1) is 0 Å². The molecule has 2 aliphatic carbocycles. The first-order valence-electron chi connectivity index (χ1n) is 12.6. The first kappa shape index (κ1) is 26.9. The van der Waals surface area contributed by atoms with Crippen LogP contribution in [0.2, 0.25) is 0 Å². The van der Waals surface area contributed by atoms with Crippen molar-refractivity contribution >= 4 is 6.47 Å². The van der Waals surface area contributed by atoms with Gasteiger partial charge in [-0.05, 0) is 94.6 Å². The Morgan fingerprint density at radius 3 is 2.31 bits per heavy atom. The van der Waals surface area contributed by atoms with Crippen molar-refractivity contribution in [3.63, 3.8) is 0 Å². The van der Waals surface area contributed by atoms with Crippen LogP contribution in [0, 0.1) is 17.3 Å². The van der Waals surface area contributed by atoms with Crippen LogP contribution in [0.15, 0.2) is 24.3 Å². The van der Waals surface area contributed by atoms with Crippen molar-refractivity contribution in [2.75, 3.05) is 0 Å². The third-order valence-electron chi connectivity index (χ3n) is 7.29. The van der Waals surface area contributed by atoms with Crippen LogP contribution in [0.5, 0.6) is 0 Å². The van der Waals surface area contributed by atoms with Gasteiger partial charge in [0.25, 0.3) is 6.47 Å². The summed E-state index contributed by atoms with van der Waals surface area (Å²) in [5, 5.41) is 10.6. The van der Waals surface area contributed by atoms with Crippen LogP contribution < -0.4 is 0 Å². The predicted octanol–water partition coefficient (Wildman–Crippen LogP) is 6.64. The van der Waals surface area contributed by atoms with Crippen molar-refractivity contribution in [1.82, 2.24) is 0 Å². The van der Waals surface area contributed by atoms with Crippen LogP contribution in [0.1, 0.15) is 104 Å². The number of hydrogen-bond donors (Lipinski definition) is 1. The molecule has 6 atom stereocenters. The normalized spacial score (nSPS) is 31.3. The average Bonchev–Trinajstić information content (AvgIpc) is 2.71. The summed E-state index contributed by atoms with van der Waals surface area (Å²) in [6.45, 7) is 15.2. The average molecular weight is 447 g/mol. The van der Waals surface area contributed by atoms with E-state index in [0.717, 1.165) is 32.1 Å². The number of hydrogen-bond acceptors (Lipinski definition) is 4. The van der Waals surface area contributed by atoms with Crippen LogP contribution in [0.3, 0.4) is 0 Å². The van der Waals surface area contributed by atoms with Gasteiger partial charge in [0, 0.05) is 5.41 Å². The van der Waals surface area contributed by atoms with Crippen LogP contribution in [-0.4, -0.2) is 29.6 Å². The number of aliphatic hydroxyl groups is 1. The van der Waals surface area contributed by atoms with Gasteiger partial charge >= 0.3 is 0 Å². The number of carbonyl (C=O) groups excluding carboxylic acids is 1. The molecule has 0 heterocycles. The number of benzene rings is 1. The van der Waals surface area contributed by atoms with Gasteiger partial charge < -0.3 is 14.6 Å². The summed E-state index contributed by atoms with van der Waals surface area (Å²) >= 11 is 0. The van der Waals surface area contributed by atoms with Gasteiger partial charge in [-0.25, -0.2) is 0 Å². The molecule has 2 bridgehead atoms. The van der Waals surface area contributed by atoms with Crippen LogP contribution in [0.25, 0.3) is 0 Å². The van der Waals surface area contributed by atoms with Crippen LogP contribution in [0.4, 0.5) is 0 Å². The molecule has 0 aliphatic heterocycles. The van der Waals surface area contributed by atoms with E-state index in [2.05, 4.69) is 52.0 Å². The van der Waals surface area contributed by atoms with E-state index < -0.39 is 11.9 Å². The van der Waals surface area contributed by atoms with Crippen molar-refractivity contribution in [2.45, 2.75) is 117 Å². The van der Waals surface area contributed by atoms with E-state index in [1.54, 1.807) is 0 Å². The second kappa shape index (κ2) is 11.7. The third-order valence-corrected chi connectivity index (χ3v) is 7.29. The van der Waals surface area contributed by atoms with E-state index in [4.69, 9.17) is 9.47 Å². The standard InChI is InChI=1S/C16H28O4.C12H18/c1-11(2)20-14(19-10-17)16-6-12(3)5-13(8-16)7-15(4,18)9-16;1-4-10(3)12-8-6-11(5-2)7-9-12/h10-14,18H,5-9H2,1-4H3;6-10H,4-5H2,1-3H3. The fourth-order valence-corrected chi connectivity index (χ4v) is 6.05. The van der Waals surface area contributed by atoms with Gasteiger partial charge in [0.2, 0.25) is 6.29 Å². The molecule has 0 aromatic heterocycles. The summed E-state index contributed by atoms with van der Waals surface area (Å²) in [7, 11) is 0. The molecular formula is C28H46O4. The van der Waals surface area contributed by atoms with E-state index in [9.17, 15) is 9.90 Å². The van der Waals surface area contributed by atoms with Crippen molar-refractivity contribution in [2.24, 2.45) is 17.3 Å². The second-order valence-electron chi connectivity index (χ2n) is 11.0. The van der Waals surface area contributed by atoms with E-state index in [0.29, 0.717) is 30.6 Å². The minimum Gasteiger partial charge on any atom is -0.437 e. The van der Waals surface area contributed by atoms with Gasteiger partial charge in [-0.3, -0.25) is 4.79 Å². The Bertz CT molecular complexity index is 692. The maximum atomic E-state index is 10.9. The molecule has 2 aliphatic rings. The first-order valence-corrected chi connectivity index (χ1v) is 12.6. The van der Waals surface area contributed by atoms with Crippen LogP contribution in [-0.2, 0) is 20.7 Å². The molecular weight excluding hydrogens is 400 g/mol. The first-order chi connectivity index (χ1) is 15.0. The van der Waals surface area contributed by atoms with Gasteiger partial charge in [0.05, 0.1) is 11.7 Å². The summed E-state index contributed by atoms with van der Waals surface area (Å²) in [5.74, 6) is 1.78. The monoisotopic (exact) mass is 446 g/mol. The molecule has 2 saturated carbocycles. The molecule has 3 rings (SSSR count). The fourth-order valence-electron chi connectivity index (χ4n) is 6.05. The topological polar surface area (TPSA) is 55.8 Å². The number of rotatable bonds is 8. The van der Waals surface area contributed by atoms with Crippen molar-refractivity contribution in [1.29, 1.82) is 0 Å². The summed E-state index contributed by atoms with van der Waals surface area (Å²) in [4.78, 5) is 10.9. The number of aryl methyl sites for hydroxylation is 1. The summed E-state index contributed by atoms with van der Waals surface area (Å²) in [6, 6.07) is 8.99. The molecule has 0 saturated heterocycles. The zero-order valence-corrected chi connectivity index (χ0v) is 21.4. The molecule has 182 valence electrons. The summed E-state index contributed by atoms with van der Waals surface area (Å²) in [6.07, 6.45) is 6.39. The Morgan fingerprint density at radius 1 is 1.12 bits per heavy atom. The highest BCUT2D eigenvalue weighted by atomic mass is 16.7. The van der Waals surface area contributed by atoms with Gasteiger partial charge in [0.1, 0.15) is 0 Å². The SMILES string of the molecule is CC1CC2CC(C)(O)CC(C(OC=O)OC(C)C)(C1)C2.CCc1ccc(C(C)CC)cc1. The molecule has 0 amide bonds. The largest absolute Gasteiger partial charge is 0.437 e. The van der Waals surface area contributed by atoms with Gasteiger partial charge in [-0.1, -0.05) is 52.0 Å². The molecule has 6 unspecified atom stereocenters. The highest BCUT2D eigenvalue weighted by Crippen LogP contribution is 2.56. The minimum absolute atomic E-state index is 0.00289. The highest BCUT2D eigenvalue weighted by molar-refractivity contribution is 5.37. The maximum absolute atomic E-state index is 10.9. The highest BCUT2D eigenvalue weighted by Gasteiger charge is 2.54. The van der Waals surface area contributed by atoms with E-state index in [1.165, 1.54) is 17.5 Å². The quantitative estimate of drug-likeness (QED) is 0.359. The second-order valence-corrected chi connectivity index (χ2v) is 11.0. The Hall–Kier alpha value is -1.39.